The molecule has 0 aromatic carbocycles. The molecule has 0 aliphatic heterocycles. The summed E-state index contributed by atoms with van der Waals surface area (Å²) >= 11 is 0. The third kappa shape index (κ3) is 1.41. The fourth-order valence-electron chi connectivity index (χ4n) is 0.727. The summed E-state index contributed by atoms with van der Waals surface area (Å²) < 4.78 is 1.78. The molecule has 2 N–H and O–H groups in total. The van der Waals surface area contributed by atoms with Gasteiger partial charge in [0.15, 0.2) is 12.4 Å². The molecule has 0 saturated heterocycles. The van der Waals surface area contributed by atoms with Crippen molar-refractivity contribution in [1.82, 2.24) is 4.73 Å². The van der Waals surface area contributed by atoms with E-state index in [0.717, 1.165) is 9.46 Å². The smallest absolute Gasteiger partial charge is 0.334 e. The van der Waals surface area contributed by atoms with Crippen LogP contribution in [0.15, 0.2) is 12.4 Å². The van der Waals surface area contributed by atoms with Crippen LogP contribution in [0.25, 0.3) is 0 Å². The van der Waals surface area contributed by atoms with Crippen molar-refractivity contribution in [1.29, 1.82) is 0 Å². The molecule has 0 bridgehead atoms. The van der Waals surface area contributed by atoms with Gasteiger partial charge in [-0.25, -0.2) is 0 Å². The van der Waals surface area contributed by atoms with E-state index in [-0.39, 0.29) is 17.0 Å². The van der Waals surface area contributed by atoms with Crippen molar-refractivity contribution < 1.29 is 32.1 Å². The fourth-order valence-corrected chi connectivity index (χ4v) is 0.727. The van der Waals surface area contributed by atoms with Crippen molar-refractivity contribution in [2.24, 2.45) is 0 Å². The van der Waals surface area contributed by atoms with E-state index in [0.29, 0.717) is 12.2 Å². The highest BCUT2D eigenvalue weighted by molar-refractivity contribution is 4.76. The van der Waals surface area contributed by atoms with Crippen LogP contribution in [-0.4, -0.2) is 15.1 Å². The van der Waals surface area contributed by atoms with Crippen molar-refractivity contribution >= 4 is 0 Å². The van der Waals surface area contributed by atoms with E-state index >= 15 is 0 Å². The molecule has 4 nitrogen and oxygen atoms in total. The van der Waals surface area contributed by atoms with Crippen LogP contribution in [0.1, 0.15) is 12.7 Å². The summed E-state index contributed by atoms with van der Waals surface area (Å²) in [6, 6.07) is 0. The van der Waals surface area contributed by atoms with Crippen LogP contribution >= 0.6 is 0 Å². The summed E-state index contributed by atoms with van der Waals surface area (Å²) in [5.41, 5.74) is 0. The van der Waals surface area contributed by atoms with Crippen LogP contribution in [0, 0.1) is 0 Å². The molecular weight excluding hydrogens is 200 g/mol. The third-order valence-corrected chi connectivity index (χ3v) is 1.19. The maximum absolute atomic E-state index is 8.87. The summed E-state index contributed by atoms with van der Waals surface area (Å²) in [7, 11) is 0. The normalized spacial score (nSPS) is 8.90. The Bertz CT molecular complexity index is 192. The van der Waals surface area contributed by atoms with E-state index in [1.165, 1.54) is 12.4 Å². The van der Waals surface area contributed by atoms with Crippen molar-refractivity contribution in [2.75, 3.05) is 0 Å². The number of rotatable bonds is 1. The Labute approximate surface area is 69.0 Å². The number of hydrogen-bond donors (Lipinski definition) is 2. The Morgan fingerprint density at radius 2 is 2.30 bits per heavy atom. The number of nitrogens with zero attached hydrogens (tertiary/aromatic N) is 2. The molecule has 0 aliphatic rings. The van der Waals surface area contributed by atoms with Gasteiger partial charge in [0.25, 0.3) is 0 Å². The first-order valence-electron chi connectivity index (χ1n) is 2.76. The van der Waals surface area contributed by atoms with Gasteiger partial charge in [-0.1, -0.05) is 6.92 Å². The van der Waals surface area contributed by atoms with Gasteiger partial charge in [0.2, 0.25) is 0 Å². The second-order valence-corrected chi connectivity index (χ2v) is 1.76. The van der Waals surface area contributed by atoms with Gasteiger partial charge in [-0.2, -0.15) is 0 Å². The second-order valence-electron chi connectivity index (χ2n) is 1.76. The summed E-state index contributed by atoms with van der Waals surface area (Å²) in [6.07, 6.45) is 3.34. The molecule has 0 spiro atoms. The minimum Gasteiger partial charge on any atom is -1.00 e. The van der Waals surface area contributed by atoms with Crippen LogP contribution in [0.3, 0.4) is 0 Å². The lowest BCUT2D eigenvalue weighted by atomic mass is 10.5. The van der Waals surface area contributed by atoms with Crippen LogP contribution in [0.2, 0.25) is 0 Å². The average Bonchev–Trinajstić information content (AvgIpc) is 2.12. The SMILES string of the molecule is CCc1n(O)cc[n+]1O.[Br-]. The summed E-state index contributed by atoms with van der Waals surface area (Å²) in [5, 5.41) is 17.7. The summed E-state index contributed by atoms with van der Waals surface area (Å²) in [5.74, 6) is 0.468. The third-order valence-electron chi connectivity index (χ3n) is 1.19. The van der Waals surface area contributed by atoms with E-state index in [4.69, 9.17) is 10.4 Å². The van der Waals surface area contributed by atoms with Gasteiger partial charge in [-0.15, -0.1) is 0 Å². The minimum absolute atomic E-state index is 0. The lowest BCUT2D eigenvalue weighted by Crippen LogP contribution is -3.00. The molecule has 10 heavy (non-hydrogen) atoms. The van der Waals surface area contributed by atoms with Crippen molar-refractivity contribution in [2.45, 2.75) is 13.3 Å². The standard InChI is InChI=1S/C5H9N2O2.BrH/c1-2-5-6(8)3-4-7(5)9;/h3-4,8-9H,2H2,1H3;1H/q+1;/p-1. The average molecular weight is 209 g/mol. The first-order valence-corrected chi connectivity index (χ1v) is 2.76. The zero-order chi connectivity index (χ0) is 6.85. The molecule has 0 radical (unpaired) electrons. The summed E-state index contributed by atoms with van der Waals surface area (Å²) in [6.45, 7) is 1.84. The van der Waals surface area contributed by atoms with Gasteiger partial charge >= 0.3 is 5.82 Å². The molecule has 58 valence electrons. The maximum Gasteiger partial charge on any atom is 0.334 e. The van der Waals surface area contributed by atoms with E-state index < -0.39 is 0 Å². The Morgan fingerprint density at radius 3 is 2.50 bits per heavy atom. The van der Waals surface area contributed by atoms with E-state index in [9.17, 15) is 0 Å². The molecule has 0 unspecified atom stereocenters. The molecule has 5 heteroatoms. The lowest BCUT2D eigenvalue weighted by molar-refractivity contribution is -0.909. The molecule has 0 atom stereocenters. The summed E-state index contributed by atoms with van der Waals surface area (Å²) in [4.78, 5) is 0. The number of imidazole rings is 1. The monoisotopic (exact) mass is 208 g/mol. The molecule has 1 rings (SSSR count). The first-order chi connectivity index (χ1) is 4.25. The van der Waals surface area contributed by atoms with Gasteiger partial charge in [0.05, 0.1) is 6.42 Å². The zero-order valence-electron chi connectivity index (χ0n) is 5.53. The molecule has 0 saturated carbocycles. The van der Waals surface area contributed by atoms with Crippen LogP contribution < -0.4 is 21.7 Å². The quantitative estimate of drug-likeness (QED) is 0.378. The second kappa shape index (κ2) is 3.46. The topological polar surface area (TPSA) is 49.3 Å². The molecule has 1 aromatic rings. The highest BCUT2D eigenvalue weighted by Gasteiger charge is 2.12. The van der Waals surface area contributed by atoms with Crippen molar-refractivity contribution in [3.05, 3.63) is 18.2 Å². The van der Waals surface area contributed by atoms with E-state index in [1.54, 1.807) is 0 Å². The highest BCUT2D eigenvalue weighted by atomic mass is 79.9. The number of hydrogen-bond acceptors (Lipinski definition) is 2. The Hall–Kier alpha value is -0.710. The van der Waals surface area contributed by atoms with E-state index in [2.05, 4.69) is 0 Å². The number of halogens is 1. The molecule has 0 fully saturated rings. The minimum atomic E-state index is 0. The van der Waals surface area contributed by atoms with Crippen LogP contribution in [0.5, 0.6) is 0 Å². The van der Waals surface area contributed by atoms with Crippen molar-refractivity contribution in [3.63, 3.8) is 0 Å². The van der Waals surface area contributed by atoms with Gasteiger partial charge in [0, 0.05) is 0 Å². The molecule has 1 aromatic heterocycles. The Balaban J connectivity index is 0.000000810. The lowest BCUT2D eigenvalue weighted by Gasteiger charge is -1.86. The first kappa shape index (κ1) is 9.29. The molecule has 0 amide bonds. The molecule has 1 heterocycles. The zero-order valence-corrected chi connectivity index (χ0v) is 7.11. The Kier molecular flexibility index (Phi) is 3.21. The van der Waals surface area contributed by atoms with Gasteiger partial charge < -0.3 is 27.4 Å². The van der Waals surface area contributed by atoms with Gasteiger partial charge in [-0.05, 0) is 9.46 Å². The number of aromatic nitrogens is 2. The van der Waals surface area contributed by atoms with Gasteiger partial charge in [0.1, 0.15) is 0 Å². The largest absolute Gasteiger partial charge is 1.00 e. The highest BCUT2D eigenvalue weighted by Crippen LogP contribution is 1.89. The predicted octanol–water partition coefficient (Wildman–Crippen LogP) is -3.18. The van der Waals surface area contributed by atoms with Crippen LogP contribution in [0.4, 0.5) is 0 Å². The molecule has 0 aliphatic carbocycles. The van der Waals surface area contributed by atoms with Gasteiger partial charge in [-0.3, -0.25) is 0 Å². The predicted molar refractivity (Wildman–Crippen MR) is 28.4 cm³/mol. The Morgan fingerprint density at radius 1 is 1.70 bits per heavy atom. The van der Waals surface area contributed by atoms with E-state index in [1.807, 2.05) is 6.92 Å². The molecular formula is C5H9BrN2O2. The maximum atomic E-state index is 8.87. The fraction of sp³-hybridized carbons (Fsp3) is 0.400. The van der Waals surface area contributed by atoms with Crippen LogP contribution in [-0.2, 0) is 6.42 Å². The van der Waals surface area contributed by atoms with Crippen molar-refractivity contribution in [3.8, 4) is 0 Å².